The van der Waals surface area contributed by atoms with Crippen LogP contribution in [0.15, 0.2) is 60.3 Å². The van der Waals surface area contributed by atoms with Crippen LogP contribution < -0.4 is 4.72 Å². The molecule has 0 bridgehead atoms. The van der Waals surface area contributed by atoms with Gasteiger partial charge in [-0.2, -0.15) is 0 Å². The van der Waals surface area contributed by atoms with Gasteiger partial charge < -0.3 is 4.57 Å². The highest BCUT2D eigenvalue weighted by atomic mass is 35.5. The molecule has 2 aromatic carbocycles. The van der Waals surface area contributed by atoms with Crippen LogP contribution in [0.2, 0.25) is 5.02 Å². The van der Waals surface area contributed by atoms with E-state index < -0.39 is 10.0 Å². The average Bonchev–Trinajstić information content (AvgIpc) is 3.00. The Morgan fingerprint density at radius 3 is 2.52 bits per heavy atom. The molecule has 0 amide bonds. The van der Waals surface area contributed by atoms with E-state index in [1.54, 1.807) is 60.4 Å². The van der Waals surface area contributed by atoms with E-state index in [2.05, 4.69) is 14.9 Å². The maximum atomic E-state index is 12.4. The summed E-state index contributed by atoms with van der Waals surface area (Å²) in [6.07, 6.45) is 3.06. The van der Waals surface area contributed by atoms with Gasteiger partial charge in [-0.1, -0.05) is 35.9 Å². The fourth-order valence-electron chi connectivity index (χ4n) is 2.22. The third kappa shape index (κ3) is 4.26. The molecule has 3 aromatic rings. The van der Waals surface area contributed by atoms with Crippen molar-refractivity contribution in [2.24, 2.45) is 7.05 Å². The second kappa shape index (κ2) is 7.08. The summed E-state index contributed by atoms with van der Waals surface area (Å²) >= 11 is 5.82. The van der Waals surface area contributed by atoms with E-state index in [0.29, 0.717) is 22.1 Å². The molecule has 0 aliphatic heterocycles. The smallest absolute Gasteiger partial charge is 0.255 e. The first kappa shape index (κ1) is 17.2. The predicted molar refractivity (Wildman–Crippen MR) is 99.5 cm³/mol. The van der Waals surface area contributed by atoms with Crippen LogP contribution in [0.1, 0.15) is 5.56 Å². The number of nitrogens with zero attached hydrogens (tertiary/aromatic N) is 3. The Balaban J connectivity index is 1.87. The zero-order valence-corrected chi connectivity index (χ0v) is 14.9. The van der Waals surface area contributed by atoms with Crippen molar-refractivity contribution in [3.05, 3.63) is 70.9 Å². The third-order valence-corrected chi connectivity index (χ3v) is 4.69. The Morgan fingerprint density at radius 2 is 1.84 bits per heavy atom. The van der Waals surface area contributed by atoms with Crippen LogP contribution in [0.4, 0.5) is 5.69 Å². The van der Waals surface area contributed by atoms with E-state index in [-0.39, 0.29) is 0 Å². The molecule has 0 aliphatic carbocycles. The number of hydrogen-bond donors (Lipinski definition) is 1. The molecule has 0 saturated carbocycles. The molecule has 0 aliphatic rings. The van der Waals surface area contributed by atoms with Gasteiger partial charge in [0.2, 0.25) is 0 Å². The van der Waals surface area contributed by atoms with E-state index in [4.69, 9.17) is 11.6 Å². The summed E-state index contributed by atoms with van der Waals surface area (Å²) in [4.78, 5) is 0. The second-order valence-electron chi connectivity index (χ2n) is 5.31. The van der Waals surface area contributed by atoms with Crippen LogP contribution in [-0.2, 0) is 17.1 Å². The standard InChI is InChI=1S/C17H15ClN4O2S/c1-22-12-19-20-17(22)15-4-2-3-5-16(15)21-25(23,24)11-10-13-6-8-14(18)9-7-13/h2-12,21H,1H3/b11-10+. The highest BCUT2D eigenvalue weighted by Crippen LogP contribution is 2.26. The molecule has 0 saturated heterocycles. The second-order valence-corrected chi connectivity index (χ2v) is 7.32. The summed E-state index contributed by atoms with van der Waals surface area (Å²) < 4.78 is 29.0. The minimum absolute atomic E-state index is 0.430. The Kier molecular flexibility index (Phi) is 4.87. The van der Waals surface area contributed by atoms with Crippen molar-refractivity contribution in [2.75, 3.05) is 4.72 Å². The van der Waals surface area contributed by atoms with Crippen molar-refractivity contribution in [3.8, 4) is 11.4 Å². The van der Waals surface area contributed by atoms with Crippen molar-refractivity contribution in [1.29, 1.82) is 0 Å². The summed E-state index contributed by atoms with van der Waals surface area (Å²) in [5, 5.41) is 9.56. The van der Waals surface area contributed by atoms with Gasteiger partial charge in [-0.3, -0.25) is 4.72 Å². The average molecular weight is 375 g/mol. The lowest BCUT2D eigenvalue weighted by Crippen LogP contribution is -2.10. The number of hydrogen-bond acceptors (Lipinski definition) is 4. The number of aryl methyl sites for hydroxylation is 1. The van der Waals surface area contributed by atoms with Crippen molar-refractivity contribution in [2.45, 2.75) is 0 Å². The molecule has 6 nitrogen and oxygen atoms in total. The van der Waals surface area contributed by atoms with E-state index in [1.165, 1.54) is 6.08 Å². The number of aromatic nitrogens is 3. The monoisotopic (exact) mass is 374 g/mol. The van der Waals surface area contributed by atoms with Gasteiger partial charge in [0.05, 0.1) is 11.1 Å². The first-order valence-electron chi connectivity index (χ1n) is 7.34. The molecule has 0 unspecified atom stereocenters. The Bertz CT molecular complexity index is 1010. The number of halogens is 1. The van der Waals surface area contributed by atoms with Crippen LogP contribution in [-0.4, -0.2) is 23.2 Å². The number of sulfonamides is 1. The lowest BCUT2D eigenvalue weighted by atomic mass is 10.2. The SMILES string of the molecule is Cn1cnnc1-c1ccccc1NS(=O)(=O)/C=C/c1ccc(Cl)cc1. The van der Waals surface area contributed by atoms with Gasteiger partial charge in [-0.15, -0.1) is 10.2 Å². The molecule has 0 fully saturated rings. The fourth-order valence-corrected chi connectivity index (χ4v) is 3.24. The maximum Gasteiger partial charge on any atom is 0.255 e. The van der Waals surface area contributed by atoms with Gasteiger partial charge in [-0.05, 0) is 35.9 Å². The topological polar surface area (TPSA) is 76.9 Å². The van der Waals surface area contributed by atoms with Gasteiger partial charge >= 0.3 is 0 Å². The zero-order chi connectivity index (χ0) is 17.9. The normalized spacial score (nSPS) is 11.8. The summed E-state index contributed by atoms with van der Waals surface area (Å²) in [6, 6.07) is 13.9. The van der Waals surface area contributed by atoms with Crippen molar-refractivity contribution >= 4 is 33.4 Å². The van der Waals surface area contributed by atoms with Gasteiger partial charge in [0, 0.05) is 17.6 Å². The summed E-state index contributed by atoms with van der Waals surface area (Å²) in [5.74, 6) is 0.569. The van der Waals surface area contributed by atoms with Gasteiger partial charge in [0.15, 0.2) is 5.82 Å². The molecule has 25 heavy (non-hydrogen) atoms. The van der Waals surface area contributed by atoms with Gasteiger partial charge in [-0.25, -0.2) is 8.42 Å². The quantitative estimate of drug-likeness (QED) is 0.740. The minimum atomic E-state index is -3.69. The van der Waals surface area contributed by atoms with Gasteiger partial charge in [0.1, 0.15) is 6.33 Å². The Morgan fingerprint density at radius 1 is 1.12 bits per heavy atom. The van der Waals surface area contributed by atoms with Crippen molar-refractivity contribution < 1.29 is 8.42 Å². The highest BCUT2D eigenvalue weighted by Gasteiger charge is 2.13. The highest BCUT2D eigenvalue weighted by molar-refractivity contribution is 7.95. The molecule has 0 radical (unpaired) electrons. The Hall–Kier alpha value is -2.64. The molecular weight excluding hydrogens is 360 g/mol. The molecule has 0 atom stereocenters. The van der Waals surface area contributed by atoms with Crippen LogP contribution in [0.25, 0.3) is 17.5 Å². The number of rotatable bonds is 5. The zero-order valence-electron chi connectivity index (χ0n) is 13.3. The molecule has 8 heteroatoms. The number of anilines is 1. The maximum absolute atomic E-state index is 12.4. The third-order valence-electron chi connectivity index (χ3n) is 3.44. The summed E-state index contributed by atoms with van der Waals surface area (Å²) in [5.41, 5.74) is 1.81. The fraction of sp³-hybridized carbons (Fsp3) is 0.0588. The van der Waals surface area contributed by atoms with E-state index in [1.807, 2.05) is 6.07 Å². The van der Waals surface area contributed by atoms with Crippen LogP contribution in [0, 0.1) is 0 Å². The number of benzene rings is 2. The van der Waals surface area contributed by atoms with Crippen LogP contribution in [0.3, 0.4) is 0 Å². The molecule has 1 heterocycles. The minimum Gasteiger partial charge on any atom is -0.317 e. The summed E-state index contributed by atoms with van der Waals surface area (Å²) in [7, 11) is -1.90. The number of para-hydroxylation sites is 1. The molecule has 0 spiro atoms. The Labute approximate surface area is 150 Å². The molecule has 3 rings (SSSR count). The molecular formula is C17H15ClN4O2S. The van der Waals surface area contributed by atoms with Crippen LogP contribution >= 0.6 is 11.6 Å². The van der Waals surface area contributed by atoms with Gasteiger partial charge in [0.25, 0.3) is 10.0 Å². The largest absolute Gasteiger partial charge is 0.317 e. The number of nitrogens with one attached hydrogen (secondary N) is 1. The summed E-state index contributed by atoms with van der Waals surface area (Å²) in [6.45, 7) is 0. The lowest BCUT2D eigenvalue weighted by molar-refractivity contribution is 0.609. The predicted octanol–water partition coefficient (Wildman–Crippen LogP) is 3.55. The van der Waals surface area contributed by atoms with E-state index in [0.717, 1.165) is 11.0 Å². The van der Waals surface area contributed by atoms with E-state index >= 15 is 0 Å². The molecule has 1 aromatic heterocycles. The molecule has 1 N–H and O–H groups in total. The lowest BCUT2D eigenvalue weighted by Gasteiger charge is -2.10. The van der Waals surface area contributed by atoms with Crippen molar-refractivity contribution in [1.82, 2.24) is 14.8 Å². The first-order chi connectivity index (χ1) is 11.9. The molecule has 128 valence electrons. The first-order valence-corrected chi connectivity index (χ1v) is 9.27. The van der Waals surface area contributed by atoms with Crippen molar-refractivity contribution in [3.63, 3.8) is 0 Å². The van der Waals surface area contributed by atoms with Crippen LogP contribution in [0.5, 0.6) is 0 Å². The van der Waals surface area contributed by atoms with E-state index in [9.17, 15) is 8.42 Å².